The summed E-state index contributed by atoms with van der Waals surface area (Å²) in [4.78, 5) is 11.4. The number of alkyl halides is 3. The van der Waals surface area contributed by atoms with Crippen LogP contribution in [0.3, 0.4) is 0 Å². The molecule has 0 aliphatic carbocycles. The number of carbonyl (C=O) groups excluding carboxylic acids is 1. The van der Waals surface area contributed by atoms with Crippen molar-refractivity contribution < 1.29 is 18.0 Å². The first-order chi connectivity index (χ1) is 9.45. The smallest absolute Gasteiger partial charge is 0.336 e. The van der Waals surface area contributed by atoms with Crippen molar-refractivity contribution in [2.45, 2.75) is 12.7 Å². The van der Waals surface area contributed by atoms with Gasteiger partial charge in [-0.05, 0) is 23.6 Å². The molecule has 0 radical (unpaired) electrons. The Hall–Kier alpha value is -2.03. The van der Waals surface area contributed by atoms with Crippen LogP contribution in [0.1, 0.15) is 5.69 Å². The maximum atomic E-state index is 12.3. The van der Waals surface area contributed by atoms with E-state index in [1.165, 1.54) is 17.5 Å². The van der Waals surface area contributed by atoms with Crippen molar-refractivity contribution in [3.63, 3.8) is 0 Å². The van der Waals surface area contributed by atoms with E-state index in [-0.39, 0.29) is 13.1 Å². The summed E-state index contributed by atoms with van der Waals surface area (Å²) in [5.74, 6) is 0. The van der Waals surface area contributed by atoms with Crippen molar-refractivity contribution in [2.75, 3.05) is 11.9 Å². The second-order valence-electron chi connectivity index (χ2n) is 3.82. The Kier molecular flexibility index (Phi) is 4.28. The summed E-state index contributed by atoms with van der Waals surface area (Å²) in [6, 6.07) is 4.03. The summed E-state index contributed by atoms with van der Waals surface area (Å²) in [6.07, 6.45) is -3.23. The molecular formula is C11H11F3N4OS. The van der Waals surface area contributed by atoms with Crippen molar-refractivity contribution in [1.29, 1.82) is 0 Å². The van der Waals surface area contributed by atoms with E-state index in [4.69, 9.17) is 0 Å². The maximum absolute atomic E-state index is 12.3. The molecule has 0 aromatic carbocycles. The molecule has 2 rings (SSSR count). The molecule has 2 aromatic heterocycles. The van der Waals surface area contributed by atoms with Gasteiger partial charge < -0.3 is 5.32 Å². The van der Waals surface area contributed by atoms with E-state index in [0.29, 0.717) is 5.00 Å². The lowest BCUT2D eigenvalue weighted by Gasteiger charge is -2.06. The molecule has 20 heavy (non-hydrogen) atoms. The molecule has 2 aromatic rings. The molecule has 0 saturated carbocycles. The number of urea groups is 1. The van der Waals surface area contributed by atoms with Crippen LogP contribution in [0.4, 0.5) is 23.0 Å². The number of hydrogen-bond acceptors (Lipinski definition) is 3. The highest BCUT2D eigenvalue weighted by Gasteiger charge is 2.33. The Labute approximate surface area is 116 Å². The molecule has 0 aliphatic heterocycles. The predicted molar refractivity (Wildman–Crippen MR) is 68.6 cm³/mol. The number of aromatic nitrogens is 2. The van der Waals surface area contributed by atoms with Crippen LogP contribution in [0, 0.1) is 0 Å². The van der Waals surface area contributed by atoms with Crippen molar-refractivity contribution in [2.24, 2.45) is 0 Å². The fourth-order valence-electron chi connectivity index (χ4n) is 1.43. The zero-order valence-corrected chi connectivity index (χ0v) is 11.0. The van der Waals surface area contributed by atoms with Crippen LogP contribution < -0.4 is 10.6 Å². The van der Waals surface area contributed by atoms with Crippen LogP contribution in [0.5, 0.6) is 0 Å². The average Bonchev–Trinajstić information content (AvgIpc) is 2.98. The molecule has 0 unspecified atom stereocenters. The molecule has 5 nitrogen and oxygen atoms in total. The molecule has 0 saturated heterocycles. The van der Waals surface area contributed by atoms with E-state index in [1.54, 1.807) is 12.1 Å². The fourth-order valence-corrected chi connectivity index (χ4v) is 2.04. The lowest BCUT2D eigenvalue weighted by molar-refractivity contribution is -0.141. The summed E-state index contributed by atoms with van der Waals surface area (Å²) in [5, 5.41) is 11.0. The first-order valence-electron chi connectivity index (χ1n) is 5.64. The SMILES string of the molecule is O=C(NCCn1ccc(C(F)(F)F)n1)Nc1cccs1. The predicted octanol–water partition coefficient (Wildman–Crippen LogP) is 2.79. The normalized spacial score (nSPS) is 11.3. The van der Waals surface area contributed by atoms with E-state index >= 15 is 0 Å². The highest BCUT2D eigenvalue weighted by Crippen LogP contribution is 2.27. The minimum absolute atomic E-state index is 0.161. The minimum Gasteiger partial charge on any atom is -0.336 e. The third kappa shape index (κ3) is 3.98. The molecule has 0 spiro atoms. The fraction of sp³-hybridized carbons (Fsp3) is 0.273. The van der Waals surface area contributed by atoms with E-state index in [2.05, 4.69) is 15.7 Å². The van der Waals surface area contributed by atoms with Gasteiger partial charge in [-0.25, -0.2) is 4.79 Å². The Morgan fingerprint density at radius 3 is 2.80 bits per heavy atom. The van der Waals surface area contributed by atoms with E-state index < -0.39 is 17.9 Å². The van der Waals surface area contributed by atoms with Crippen molar-refractivity contribution >= 4 is 22.4 Å². The average molecular weight is 304 g/mol. The largest absolute Gasteiger partial charge is 0.435 e. The highest BCUT2D eigenvalue weighted by atomic mass is 32.1. The van der Waals surface area contributed by atoms with Gasteiger partial charge in [0.15, 0.2) is 5.69 Å². The minimum atomic E-state index is -4.45. The van der Waals surface area contributed by atoms with Crippen LogP contribution in [-0.4, -0.2) is 22.4 Å². The number of anilines is 1. The Morgan fingerprint density at radius 2 is 2.20 bits per heavy atom. The molecule has 0 atom stereocenters. The molecule has 2 heterocycles. The van der Waals surface area contributed by atoms with Gasteiger partial charge in [-0.2, -0.15) is 18.3 Å². The molecule has 0 aliphatic rings. The molecule has 0 bridgehead atoms. The van der Waals surface area contributed by atoms with Gasteiger partial charge in [0.05, 0.1) is 11.5 Å². The van der Waals surface area contributed by atoms with Gasteiger partial charge >= 0.3 is 12.2 Å². The number of hydrogen-bond donors (Lipinski definition) is 2. The van der Waals surface area contributed by atoms with Crippen LogP contribution >= 0.6 is 11.3 Å². The number of amides is 2. The van der Waals surface area contributed by atoms with Crippen LogP contribution in [0.15, 0.2) is 29.8 Å². The molecular weight excluding hydrogens is 293 g/mol. The molecule has 2 N–H and O–H groups in total. The summed E-state index contributed by atoms with van der Waals surface area (Å²) >= 11 is 1.37. The van der Waals surface area contributed by atoms with Gasteiger partial charge in [0.2, 0.25) is 0 Å². The first-order valence-corrected chi connectivity index (χ1v) is 6.52. The summed E-state index contributed by atoms with van der Waals surface area (Å²) in [6.45, 7) is 0.337. The Bertz CT molecular complexity index is 564. The van der Waals surface area contributed by atoms with Gasteiger partial charge in [0.1, 0.15) is 0 Å². The number of rotatable bonds is 4. The van der Waals surface area contributed by atoms with Crippen LogP contribution in [0.25, 0.3) is 0 Å². The number of nitrogens with one attached hydrogen (secondary N) is 2. The maximum Gasteiger partial charge on any atom is 0.435 e. The van der Waals surface area contributed by atoms with Gasteiger partial charge in [-0.3, -0.25) is 10.00 Å². The number of thiophene rings is 1. The van der Waals surface area contributed by atoms with E-state index in [0.717, 1.165) is 10.7 Å². The summed E-state index contributed by atoms with van der Waals surface area (Å²) in [7, 11) is 0. The second kappa shape index (κ2) is 5.95. The summed E-state index contributed by atoms with van der Waals surface area (Å²) in [5.41, 5.74) is -0.944. The zero-order valence-electron chi connectivity index (χ0n) is 10.1. The number of carbonyl (C=O) groups is 1. The van der Waals surface area contributed by atoms with Gasteiger partial charge in [0, 0.05) is 12.7 Å². The van der Waals surface area contributed by atoms with Crippen molar-refractivity contribution in [3.8, 4) is 0 Å². The molecule has 0 fully saturated rings. The van der Waals surface area contributed by atoms with Crippen molar-refractivity contribution in [1.82, 2.24) is 15.1 Å². The van der Waals surface area contributed by atoms with Gasteiger partial charge in [0.25, 0.3) is 0 Å². The topological polar surface area (TPSA) is 59.0 Å². The van der Waals surface area contributed by atoms with Crippen molar-refractivity contribution in [3.05, 3.63) is 35.5 Å². The standard InChI is InChI=1S/C11H11F3N4OS/c12-11(13,14)8-3-5-18(17-8)6-4-15-10(19)16-9-2-1-7-20-9/h1-3,5,7H,4,6H2,(H2,15,16,19). The molecule has 2 amide bonds. The molecule has 9 heteroatoms. The summed E-state index contributed by atoms with van der Waals surface area (Å²) < 4.78 is 38.1. The third-order valence-electron chi connectivity index (χ3n) is 2.32. The van der Waals surface area contributed by atoms with Crippen LogP contribution in [0.2, 0.25) is 0 Å². The lowest BCUT2D eigenvalue weighted by Crippen LogP contribution is -2.31. The first kappa shape index (κ1) is 14.4. The second-order valence-corrected chi connectivity index (χ2v) is 4.77. The van der Waals surface area contributed by atoms with Crippen LogP contribution in [-0.2, 0) is 12.7 Å². The van der Waals surface area contributed by atoms with Gasteiger partial charge in [-0.1, -0.05) is 0 Å². The Morgan fingerprint density at radius 1 is 1.40 bits per heavy atom. The van der Waals surface area contributed by atoms with Gasteiger partial charge in [-0.15, -0.1) is 11.3 Å². The quantitative estimate of drug-likeness (QED) is 0.912. The van der Waals surface area contributed by atoms with E-state index in [9.17, 15) is 18.0 Å². The number of nitrogens with zero attached hydrogens (tertiary/aromatic N) is 2. The Balaban J connectivity index is 1.75. The van der Waals surface area contributed by atoms with E-state index in [1.807, 2.05) is 5.38 Å². The zero-order chi connectivity index (χ0) is 14.6. The lowest BCUT2D eigenvalue weighted by atomic mass is 10.4. The molecule has 108 valence electrons. The third-order valence-corrected chi connectivity index (χ3v) is 3.10. The highest BCUT2D eigenvalue weighted by molar-refractivity contribution is 7.14. The number of halogens is 3. The monoisotopic (exact) mass is 304 g/mol.